The highest BCUT2D eigenvalue weighted by molar-refractivity contribution is 7.89. The number of carbonyl (C=O) groups excluding carboxylic acids is 2. The van der Waals surface area contributed by atoms with E-state index >= 15 is 0 Å². The van der Waals surface area contributed by atoms with E-state index in [1.54, 1.807) is 6.92 Å². The van der Waals surface area contributed by atoms with Gasteiger partial charge in [-0.3, -0.25) is 9.69 Å². The van der Waals surface area contributed by atoms with E-state index in [0.29, 0.717) is 35.3 Å². The summed E-state index contributed by atoms with van der Waals surface area (Å²) in [6, 6.07) is 6.41. The number of hydrogen-bond acceptors (Lipinski definition) is 7. The van der Waals surface area contributed by atoms with Crippen LogP contribution < -0.4 is 5.32 Å². The number of rotatable bonds is 7. The van der Waals surface area contributed by atoms with Crippen molar-refractivity contribution in [3.63, 3.8) is 0 Å². The lowest BCUT2D eigenvalue weighted by Gasteiger charge is -2.30. The maximum Gasteiger partial charge on any atom is 0.341 e. The molecule has 0 aliphatic carbocycles. The SMILES string of the molecule is CCOC(=O)c1c(NC(=O)c2ccc(S(=O)(=O)N3CCCCCC3)cc2)sc2c1CCN(C(C)C)C2. The van der Waals surface area contributed by atoms with Crippen molar-refractivity contribution < 1.29 is 22.7 Å². The molecule has 196 valence electrons. The zero-order chi connectivity index (χ0) is 25.9. The molecule has 0 radical (unpaired) electrons. The normalized spacial score (nSPS) is 17.4. The van der Waals surface area contributed by atoms with Crippen LogP contribution in [0.2, 0.25) is 0 Å². The number of esters is 1. The lowest BCUT2D eigenvalue weighted by molar-refractivity contribution is 0.0526. The molecule has 0 bridgehead atoms. The number of thiophene rings is 1. The minimum atomic E-state index is -3.59. The van der Waals surface area contributed by atoms with E-state index in [1.807, 2.05) is 0 Å². The molecule has 3 heterocycles. The zero-order valence-electron chi connectivity index (χ0n) is 21.2. The van der Waals surface area contributed by atoms with Gasteiger partial charge in [0.25, 0.3) is 5.91 Å². The Morgan fingerprint density at radius 2 is 1.72 bits per heavy atom. The molecule has 8 nitrogen and oxygen atoms in total. The number of fused-ring (bicyclic) bond motifs is 1. The van der Waals surface area contributed by atoms with Gasteiger partial charge in [-0.2, -0.15) is 4.31 Å². The van der Waals surface area contributed by atoms with Crippen molar-refractivity contribution in [1.29, 1.82) is 0 Å². The van der Waals surface area contributed by atoms with Gasteiger partial charge >= 0.3 is 5.97 Å². The first-order valence-electron chi connectivity index (χ1n) is 12.7. The van der Waals surface area contributed by atoms with E-state index in [2.05, 4.69) is 24.1 Å². The molecule has 2 aliphatic rings. The van der Waals surface area contributed by atoms with E-state index in [-0.39, 0.29) is 11.5 Å². The summed E-state index contributed by atoms with van der Waals surface area (Å²) in [5.41, 5.74) is 1.72. The van der Waals surface area contributed by atoms with E-state index in [4.69, 9.17) is 4.74 Å². The number of benzene rings is 1. The Labute approximate surface area is 217 Å². The summed E-state index contributed by atoms with van der Waals surface area (Å²) in [7, 11) is -3.59. The summed E-state index contributed by atoms with van der Waals surface area (Å²) >= 11 is 1.41. The maximum atomic E-state index is 13.1. The second-order valence-electron chi connectivity index (χ2n) is 9.54. The minimum absolute atomic E-state index is 0.188. The quantitative estimate of drug-likeness (QED) is 0.526. The van der Waals surface area contributed by atoms with Crippen LogP contribution in [-0.2, 0) is 27.7 Å². The van der Waals surface area contributed by atoms with Crippen molar-refractivity contribution in [3.05, 3.63) is 45.8 Å². The summed E-state index contributed by atoms with van der Waals surface area (Å²) in [6.45, 7) is 8.92. The van der Waals surface area contributed by atoms with Crippen LogP contribution in [-0.4, -0.2) is 61.8 Å². The average molecular weight is 534 g/mol. The highest BCUT2D eigenvalue weighted by Crippen LogP contribution is 2.38. The lowest BCUT2D eigenvalue weighted by atomic mass is 10.0. The average Bonchev–Trinajstić information content (AvgIpc) is 3.01. The molecule has 1 aromatic heterocycles. The molecule has 10 heteroatoms. The van der Waals surface area contributed by atoms with Crippen molar-refractivity contribution >= 4 is 38.2 Å². The number of nitrogens with one attached hydrogen (secondary N) is 1. The first-order chi connectivity index (χ1) is 17.2. The van der Waals surface area contributed by atoms with Gasteiger partial charge < -0.3 is 10.1 Å². The fraction of sp³-hybridized carbons (Fsp3) is 0.538. The van der Waals surface area contributed by atoms with Crippen molar-refractivity contribution in [2.75, 3.05) is 31.6 Å². The fourth-order valence-corrected chi connectivity index (χ4v) is 7.53. The summed E-state index contributed by atoms with van der Waals surface area (Å²) in [4.78, 5) is 29.5. The minimum Gasteiger partial charge on any atom is -0.462 e. The molecule has 1 amide bonds. The molecule has 0 unspecified atom stereocenters. The summed E-state index contributed by atoms with van der Waals surface area (Å²) in [5, 5.41) is 3.38. The maximum absolute atomic E-state index is 13.1. The lowest BCUT2D eigenvalue weighted by Crippen LogP contribution is -2.35. The molecule has 1 fully saturated rings. The predicted molar refractivity (Wildman–Crippen MR) is 141 cm³/mol. The van der Waals surface area contributed by atoms with Gasteiger partial charge in [0.15, 0.2) is 0 Å². The van der Waals surface area contributed by atoms with Gasteiger partial charge in [0.2, 0.25) is 10.0 Å². The summed E-state index contributed by atoms with van der Waals surface area (Å²) < 4.78 is 32.9. The van der Waals surface area contributed by atoms with Crippen molar-refractivity contribution in [2.45, 2.75) is 70.4 Å². The monoisotopic (exact) mass is 533 g/mol. The number of nitrogens with zero attached hydrogens (tertiary/aromatic N) is 2. The second-order valence-corrected chi connectivity index (χ2v) is 12.6. The van der Waals surface area contributed by atoms with E-state index in [9.17, 15) is 18.0 Å². The van der Waals surface area contributed by atoms with Gasteiger partial charge in [-0.15, -0.1) is 11.3 Å². The number of hydrogen-bond donors (Lipinski definition) is 1. The van der Waals surface area contributed by atoms with Crippen LogP contribution >= 0.6 is 11.3 Å². The molecular formula is C26H35N3O5S2. The molecule has 1 saturated heterocycles. The standard InChI is InChI=1S/C26H35N3O5S2/c1-4-34-26(31)23-21-13-16-28(18(2)3)17-22(21)35-25(23)27-24(30)19-9-11-20(12-10-19)36(32,33)29-14-7-5-6-8-15-29/h9-12,18H,4-8,13-17H2,1-3H3,(H,27,30). The molecule has 1 aromatic carbocycles. The predicted octanol–water partition coefficient (Wildman–Crippen LogP) is 4.51. The molecule has 36 heavy (non-hydrogen) atoms. The van der Waals surface area contributed by atoms with Crippen LogP contribution in [0.25, 0.3) is 0 Å². The molecule has 2 aliphatic heterocycles. The van der Waals surface area contributed by atoms with E-state index in [0.717, 1.165) is 55.6 Å². The Hall–Kier alpha value is -2.27. The zero-order valence-corrected chi connectivity index (χ0v) is 22.8. The van der Waals surface area contributed by atoms with Gasteiger partial charge in [0, 0.05) is 42.7 Å². The molecule has 0 atom stereocenters. The largest absolute Gasteiger partial charge is 0.462 e. The molecule has 2 aromatic rings. The van der Waals surface area contributed by atoms with E-state index < -0.39 is 21.9 Å². The molecule has 0 spiro atoms. The van der Waals surface area contributed by atoms with Crippen LogP contribution in [0.5, 0.6) is 0 Å². The summed E-state index contributed by atoms with van der Waals surface area (Å²) in [6.07, 6.45) is 4.53. The Balaban J connectivity index is 1.55. The number of carbonyl (C=O) groups is 2. The fourth-order valence-electron chi connectivity index (χ4n) is 4.76. The van der Waals surface area contributed by atoms with Gasteiger partial charge in [0.05, 0.1) is 17.1 Å². The number of sulfonamides is 1. The third-order valence-corrected chi connectivity index (χ3v) is 9.89. The molecule has 0 saturated carbocycles. The topological polar surface area (TPSA) is 96.0 Å². The van der Waals surface area contributed by atoms with Crippen molar-refractivity contribution in [3.8, 4) is 0 Å². The Morgan fingerprint density at radius 3 is 2.33 bits per heavy atom. The highest BCUT2D eigenvalue weighted by Gasteiger charge is 2.31. The second kappa shape index (κ2) is 11.4. The summed E-state index contributed by atoms with van der Waals surface area (Å²) in [5.74, 6) is -0.819. The van der Waals surface area contributed by atoms with Gasteiger partial charge in [-0.05, 0) is 69.9 Å². The van der Waals surface area contributed by atoms with Gasteiger partial charge in [-0.25, -0.2) is 13.2 Å². The number of amides is 1. The smallest absolute Gasteiger partial charge is 0.341 e. The van der Waals surface area contributed by atoms with Crippen molar-refractivity contribution in [2.24, 2.45) is 0 Å². The van der Waals surface area contributed by atoms with Crippen molar-refractivity contribution in [1.82, 2.24) is 9.21 Å². The van der Waals surface area contributed by atoms with Gasteiger partial charge in [0.1, 0.15) is 5.00 Å². The highest BCUT2D eigenvalue weighted by atomic mass is 32.2. The Bertz CT molecular complexity index is 1200. The van der Waals surface area contributed by atoms with Crippen LogP contribution in [0, 0.1) is 0 Å². The Kier molecular flexibility index (Phi) is 8.49. The first-order valence-corrected chi connectivity index (χ1v) is 14.9. The third-order valence-electron chi connectivity index (χ3n) is 6.84. The van der Waals surface area contributed by atoms with Crippen LogP contribution in [0.3, 0.4) is 0 Å². The van der Waals surface area contributed by atoms with Gasteiger partial charge in [-0.1, -0.05) is 12.8 Å². The van der Waals surface area contributed by atoms with Crippen LogP contribution in [0.15, 0.2) is 29.2 Å². The molecular weight excluding hydrogens is 498 g/mol. The first kappa shape index (κ1) is 26.8. The van der Waals surface area contributed by atoms with Crippen LogP contribution in [0.1, 0.15) is 77.6 Å². The van der Waals surface area contributed by atoms with Crippen LogP contribution in [0.4, 0.5) is 5.00 Å². The number of ether oxygens (including phenoxy) is 1. The molecule has 4 rings (SSSR count). The number of anilines is 1. The molecule has 1 N–H and O–H groups in total. The third kappa shape index (κ3) is 5.66. The van der Waals surface area contributed by atoms with E-state index in [1.165, 1.54) is 39.9 Å². The Morgan fingerprint density at radius 1 is 1.06 bits per heavy atom.